The SMILES string of the molecule is CCOC(=O)c1cc(Cl)c(Cl)nc1N. The summed E-state index contributed by atoms with van der Waals surface area (Å²) in [5.41, 5.74) is 5.59. The van der Waals surface area contributed by atoms with E-state index in [4.69, 9.17) is 33.7 Å². The molecule has 0 amide bonds. The van der Waals surface area contributed by atoms with Crippen LogP contribution in [0.4, 0.5) is 5.82 Å². The Kier molecular flexibility index (Phi) is 3.55. The topological polar surface area (TPSA) is 65.2 Å². The fraction of sp³-hybridized carbons (Fsp3) is 0.250. The minimum atomic E-state index is -0.559. The first-order chi connectivity index (χ1) is 6.56. The summed E-state index contributed by atoms with van der Waals surface area (Å²) < 4.78 is 4.74. The molecule has 0 fully saturated rings. The lowest BCUT2D eigenvalue weighted by atomic mass is 10.2. The van der Waals surface area contributed by atoms with Crippen molar-refractivity contribution >= 4 is 35.0 Å². The Morgan fingerprint density at radius 1 is 1.64 bits per heavy atom. The van der Waals surface area contributed by atoms with Gasteiger partial charge in [-0.1, -0.05) is 23.2 Å². The van der Waals surface area contributed by atoms with Crippen LogP contribution in [0.25, 0.3) is 0 Å². The average Bonchev–Trinajstić information content (AvgIpc) is 2.11. The number of nitrogen functional groups attached to an aromatic ring is 1. The second-order valence-electron chi connectivity index (χ2n) is 2.41. The molecule has 0 saturated heterocycles. The van der Waals surface area contributed by atoms with Gasteiger partial charge >= 0.3 is 5.97 Å². The minimum absolute atomic E-state index is 0.0119. The van der Waals surface area contributed by atoms with E-state index in [1.807, 2.05) is 0 Å². The van der Waals surface area contributed by atoms with Crippen LogP contribution in [0.3, 0.4) is 0 Å². The molecular formula is C8H8Cl2N2O2. The molecule has 76 valence electrons. The number of nitrogens with zero attached hydrogens (tertiary/aromatic N) is 1. The molecule has 0 aromatic carbocycles. The van der Waals surface area contributed by atoms with Gasteiger partial charge in [-0.15, -0.1) is 0 Å². The van der Waals surface area contributed by atoms with E-state index in [2.05, 4.69) is 4.98 Å². The smallest absolute Gasteiger partial charge is 0.341 e. The molecule has 0 saturated carbocycles. The molecule has 0 aliphatic heterocycles. The largest absolute Gasteiger partial charge is 0.462 e. The van der Waals surface area contributed by atoms with Crippen molar-refractivity contribution in [1.29, 1.82) is 0 Å². The normalized spacial score (nSPS) is 9.93. The molecule has 0 unspecified atom stereocenters. The molecular weight excluding hydrogens is 227 g/mol. The quantitative estimate of drug-likeness (QED) is 0.630. The Labute approximate surface area is 91.0 Å². The van der Waals surface area contributed by atoms with Crippen molar-refractivity contribution in [3.63, 3.8) is 0 Å². The van der Waals surface area contributed by atoms with Crippen LogP contribution in [-0.4, -0.2) is 17.6 Å². The fourth-order valence-electron chi connectivity index (χ4n) is 0.852. The third-order valence-corrected chi connectivity index (χ3v) is 2.13. The number of aromatic nitrogens is 1. The first-order valence-corrected chi connectivity index (χ1v) is 4.60. The van der Waals surface area contributed by atoms with Crippen LogP contribution >= 0.6 is 23.2 Å². The number of nitrogens with two attached hydrogens (primary N) is 1. The standard InChI is InChI=1S/C8H8Cl2N2O2/c1-2-14-8(13)4-3-5(9)6(10)12-7(4)11/h3H,2H2,1H3,(H2,11,12). The van der Waals surface area contributed by atoms with Gasteiger partial charge in [0, 0.05) is 0 Å². The van der Waals surface area contributed by atoms with Gasteiger partial charge in [0.25, 0.3) is 0 Å². The van der Waals surface area contributed by atoms with Crippen LogP contribution in [0, 0.1) is 0 Å². The molecule has 4 nitrogen and oxygen atoms in total. The number of anilines is 1. The number of hydrogen-bond donors (Lipinski definition) is 1. The van der Waals surface area contributed by atoms with Gasteiger partial charge in [-0.3, -0.25) is 0 Å². The molecule has 1 aromatic heterocycles. The summed E-state index contributed by atoms with van der Waals surface area (Å²) >= 11 is 11.3. The zero-order chi connectivity index (χ0) is 10.7. The van der Waals surface area contributed by atoms with Crippen LogP contribution in [0.15, 0.2) is 6.07 Å². The van der Waals surface area contributed by atoms with Crippen molar-refractivity contribution in [1.82, 2.24) is 4.98 Å². The van der Waals surface area contributed by atoms with E-state index in [0.717, 1.165) is 0 Å². The molecule has 0 atom stereocenters. The van der Waals surface area contributed by atoms with E-state index in [1.165, 1.54) is 6.07 Å². The number of hydrogen-bond acceptors (Lipinski definition) is 4. The van der Waals surface area contributed by atoms with E-state index in [9.17, 15) is 4.79 Å². The highest BCUT2D eigenvalue weighted by Crippen LogP contribution is 2.24. The second kappa shape index (κ2) is 4.48. The number of halogens is 2. The fourth-order valence-corrected chi connectivity index (χ4v) is 1.15. The summed E-state index contributed by atoms with van der Waals surface area (Å²) in [5, 5.41) is 0.237. The maximum atomic E-state index is 11.3. The molecule has 1 aromatic rings. The van der Waals surface area contributed by atoms with Crippen LogP contribution in [-0.2, 0) is 4.74 Å². The third-order valence-electron chi connectivity index (χ3n) is 1.46. The number of carbonyl (C=O) groups is 1. The summed E-state index contributed by atoms with van der Waals surface area (Å²) in [7, 11) is 0. The Morgan fingerprint density at radius 2 is 2.29 bits per heavy atom. The number of carbonyl (C=O) groups excluding carboxylic acids is 1. The molecule has 6 heteroatoms. The molecule has 2 N–H and O–H groups in total. The van der Waals surface area contributed by atoms with Crippen molar-refractivity contribution in [2.75, 3.05) is 12.3 Å². The lowest BCUT2D eigenvalue weighted by molar-refractivity contribution is 0.0527. The highest BCUT2D eigenvalue weighted by atomic mass is 35.5. The maximum Gasteiger partial charge on any atom is 0.341 e. The summed E-state index contributed by atoms with van der Waals surface area (Å²) in [6.07, 6.45) is 0. The summed E-state index contributed by atoms with van der Waals surface area (Å²) in [5.74, 6) is -0.547. The van der Waals surface area contributed by atoms with Crippen LogP contribution in [0.1, 0.15) is 17.3 Å². The molecule has 1 heterocycles. The molecule has 0 spiro atoms. The Hall–Kier alpha value is -1.00. The van der Waals surface area contributed by atoms with Gasteiger partial charge in [0.2, 0.25) is 0 Å². The van der Waals surface area contributed by atoms with Crippen molar-refractivity contribution in [2.24, 2.45) is 0 Å². The van der Waals surface area contributed by atoms with E-state index < -0.39 is 5.97 Å². The van der Waals surface area contributed by atoms with Crippen LogP contribution in [0.5, 0.6) is 0 Å². The van der Waals surface area contributed by atoms with Crippen LogP contribution < -0.4 is 5.73 Å². The van der Waals surface area contributed by atoms with Crippen LogP contribution in [0.2, 0.25) is 10.2 Å². The highest BCUT2D eigenvalue weighted by molar-refractivity contribution is 6.41. The van der Waals surface area contributed by atoms with Gasteiger partial charge in [0.1, 0.15) is 16.5 Å². The lowest BCUT2D eigenvalue weighted by Crippen LogP contribution is -2.09. The second-order valence-corrected chi connectivity index (χ2v) is 3.18. The summed E-state index contributed by atoms with van der Waals surface area (Å²) in [6, 6.07) is 1.34. The maximum absolute atomic E-state index is 11.3. The van der Waals surface area contributed by atoms with E-state index in [0.29, 0.717) is 0 Å². The monoisotopic (exact) mass is 234 g/mol. The van der Waals surface area contributed by atoms with E-state index in [1.54, 1.807) is 6.92 Å². The Bertz CT molecular complexity index is 369. The first-order valence-electron chi connectivity index (χ1n) is 3.85. The molecule has 0 aliphatic rings. The average molecular weight is 235 g/mol. The Morgan fingerprint density at radius 3 is 2.86 bits per heavy atom. The number of esters is 1. The van der Waals surface area contributed by atoms with Gasteiger partial charge in [0.05, 0.1) is 11.6 Å². The molecule has 14 heavy (non-hydrogen) atoms. The van der Waals surface area contributed by atoms with E-state index >= 15 is 0 Å². The van der Waals surface area contributed by atoms with Gasteiger partial charge in [-0.2, -0.15) is 0 Å². The van der Waals surface area contributed by atoms with Crippen molar-refractivity contribution in [2.45, 2.75) is 6.92 Å². The third kappa shape index (κ3) is 2.27. The van der Waals surface area contributed by atoms with Gasteiger partial charge in [-0.05, 0) is 13.0 Å². The van der Waals surface area contributed by atoms with Crippen molar-refractivity contribution < 1.29 is 9.53 Å². The lowest BCUT2D eigenvalue weighted by Gasteiger charge is -2.05. The minimum Gasteiger partial charge on any atom is -0.462 e. The number of rotatable bonds is 2. The van der Waals surface area contributed by atoms with Crippen molar-refractivity contribution in [3.8, 4) is 0 Å². The number of ether oxygens (including phenoxy) is 1. The van der Waals surface area contributed by atoms with Gasteiger partial charge < -0.3 is 10.5 Å². The predicted molar refractivity (Wildman–Crippen MR) is 54.6 cm³/mol. The zero-order valence-electron chi connectivity index (χ0n) is 7.38. The zero-order valence-corrected chi connectivity index (χ0v) is 8.89. The molecule has 0 radical (unpaired) electrons. The molecule has 0 bridgehead atoms. The van der Waals surface area contributed by atoms with Gasteiger partial charge in [0.15, 0.2) is 0 Å². The van der Waals surface area contributed by atoms with E-state index in [-0.39, 0.29) is 28.2 Å². The Balaban J connectivity index is 3.09. The molecule has 0 aliphatic carbocycles. The predicted octanol–water partition coefficient (Wildman–Crippen LogP) is 2.15. The summed E-state index contributed by atoms with van der Waals surface area (Å²) in [6.45, 7) is 1.96. The highest BCUT2D eigenvalue weighted by Gasteiger charge is 2.14. The molecule has 1 rings (SSSR count). The summed E-state index contributed by atoms with van der Waals surface area (Å²) in [4.78, 5) is 15.0. The van der Waals surface area contributed by atoms with Gasteiger partial charge in [-0.25, -0.2) is 9.78 Å². The number of pyridine rings is 1. The first kappa shape index (κ1) is 11.1. The van der Waals surface area contributed by atoms with Crippen molar-refractivity contribution in [3.05, 3.63) is 21.8 Å².